The zero-order chi connectivity index (χ0) is 19.9. The van der Waals surface area contributed by atoms with Crippen LogP contribution in [0.5, 0.6) is 0 Å². The standard InChI is InChI=1S/3C2H7O5P.2Na/c3*3-1-2-7-8(4,5)6;;/h3*3H,1-2H2,(H2,4,5,6);;/q;;;2*+1/p-2. The van der Waals surface area contributed by atoms with Gasteiger partial charge in [-0.3, -0.25) is 0 Å². The number of hydrogen-bond acceptors (Lipinski definition) is 15. The van der Waals surface area contributed by atoms with Crippen LogP contribution in [-0.2, 0) is 27.3 Å². The first-order chi connectivity index (χ1) is 10.7. The van der Waals surface area contributed by atoms with Gasteiger partial charge in [0, 0.05) is 0 Å². The first kappa shape index (κ1) is 38.8. The summed E-state index contributed by atoms with van der Waals surface area (Å²) in [5.41, 5.74) is 0. The summed E-state index contributed by atoms with van der Waals surface area (Å²) in [4.78, 5) is 57.2. The molecule has 3 N–H and O–H groups in total. The first-order valence-electron chi connectivity index (χ1n) is 5.51. The summed E-state index contributed by atoms with van der Waals surface area (Å²) in [7, 11) is -14.5. The van der Waals surface area contributed by atoms with E-state index in [1.807, 2.05) is 0 Å². The van der Waals surface area contributed by atoms with Crippen molar-refractivity contribution in [2.24, 2.45) is 0 Å². The summed E-state index contributed by atoms with van der Waals surface area (Å²) in [6.45, 7) is -2.75. The summed E-state index contributed by atoms with van der Waals surface area (Å²) in [6.07, 6.45) is 0. The second kappa shape index (κ2) is 21.9. The van der Waals surface area contributed by atoms with Crippen LogP contribution in [0.4, 0.5) is 0 Å². The molecule has 0 rings (SSSR count). The van der Waals surface area contributed by atoms with Crippen LogP contribution in [-0.4, -0.2) is 55.0 Å². The van der Waals surface area contributed by atoms with Gasteiger partial charge in [-0.1, -0.05) is 0 Å². The van der Waals surface area contributed by atoms with E-state index >= 15 is 0 Å². The molecule has 15 nitrogen and oxygen atoms in total. The SMILES string of the molecule is O=P([O-])([O-])OCCO.O=P([O-])([O-])OCCO.O=P([O-])([O-])OCCO.[H+].[H+].[H+].[H+].[Na+].[Na+]. The summed E-state index contributed by atoms with van der Waals surface area (Å²) < 4.78 is 39.3. The average molecular weight is 470 g/mol. The van der Waals surface area contributed by atoms with Crippen molar-refractivity contribution >= 4 is 23.5 Å². The molecule has 26 heavy (non-hydrogen) atoms. The molecule has 0 bridgehead atoms. The van der Waals surface area contributed by atoms with Gasteiger partial charge in [0.2, 0.25) is 0 Å². The molecule has 0 aliphatic carbocycles. The third kappa shape index (κ3) is 56.2. The Morgan fingerprint density at radius 2 is 0.731 bits per heavy atom. The predicted molar refractivity (Wildman–Crippen MR) is 66.4 cm³/mol. The molecule has 0 saturated carbocycles. The van der Waals surface area contributed by atoms with Crippen molar-refractivity contribution in [3.05, 3.63) is 0 Å². The normalized spacial score (nSPS) is 11.0. The van der Waals surface area contributed by atoms with Gasteiger partial charge in [-0.05, 0) is 0 Å². The quantitative estimate of drug-likeness (QED) is 0.208. The molecular formula is C6H19Na2O15P3. The average Bonchev–Trinajstić information content (AvgIpc) is 2.39. The van der Waals surface area contributed by atoms with E-state index in [9.17, 15) is 43.1 Å². The summed E-state index contributed by atoms with van der Waals surface area (Å²) >= 11 is 0. The van der Waals surface area contributed by atoms with Crippen molar-refractivity contribution in [1.29, 1.82) is 0 Å². The maximum Gasteiger partial charge on any atom is 1.00 e. The number of phosphoric acid groups is 3. The fourth-order valence-electron chi connectivity index (χ4n) is 0.458. The number of hydrogen-bond donors (Lipinski definition) is 3. The molecular weight excluding hydrogens is 451 g/mol. The fourth-order valence-corrected chi connectivity index (χ4v) is 1.37. The van der Waals surface area contributed by atoms with Gasteiger partial charge in [-0.2, -0.15) is 0 Å². The maximum atomic E-state index is 9.53. The Morgan fingerprint density at radius 3 is 0.769 bits per heavy atom. The van der Waals surface area contributed by atoms with Crippen LogP contribution in [0.2, 0.25) is 0 Å². The fraction of sp³-hybridized carbons (Fsp3) is 1.00. The molecule has 150 valence electrons. The number of aliphatic hydroxyl groups is 3. The van der Waals surface area contributed by atoms with Crippen LogP contribution in [0.1, 0.15) is 5.71 Å². The van der Waals surface area contributed by atoms with E-state index in [1.165, 1.54) is 0 Å². The van der Waals surface area contributed by atoms with Gasteiger partial charge in [0.25, 0.3) is 0 Å². The topological polar surface area (TPSA) is 278 Å². The zero-order valence-corrected chi connectivity index (χ0v) is 20.5. The predicted octanol–water partition coefficient (Wildman–Crippen LogP) is -12.1. The second-order valence-electron chi connectivity index (χ2n) is 3.01. The minimum absolute atomic E-state index is 0. The van der Waals surface area contributed by atoms with E-state index in [0.29, 0.717) is 0 Å². The molecule has 0 aromatic heterocycles. The molecule has 0 amide bonds. The molecule has 0 atom stereocenters. The van der Waals surface area contributed by atoms with Gasteiger partial charge >= 0.3 is 64.8 Å². The largest absolute Gasteiger partial charge is 1.00 e. The molecule has 0 saturated heterocycles. The Balaban J connectivity index is -0.0000000286. The van der Waals surface area contributed by atoms with Crippen LogP contribution in [0.15, 0.2) is 0 Å². The van der Waals surface area contributed by atoms with Gasteiger partial charge in [0.1, 0.15) is 0 Å². The summed E-state index contributed by atoms with van der Waals surface area (Å²) in [6, 6.07) is 0. The van der Waals surface area contributed by atoms with Crippen molar-refractivity contribution in [3.8, 4) is 0 Å². The third-order valence-electron chi connectivity index (χ3n) is 1.02. The number of aliphatic hydroxyl groups excluding tert-OH is 3. The van der Waals surface area contributed by atoms with Crippen LogP contribution >= 0.6 is 23.5 Å². The van der Waals surface area contributed by atoms with Crippen LogP contribution in [0.25, 0.3) is 0 Å². The minimum atomic E-state index is -4.84. The van der Waals surface area contributed by atoms with Crippen molar-refractivity contribution < 1.29 is 137 Å². The molecule has 0 aliphatic rings. The van der Waals surface area contributed by atoms with Crippen LogP contribution in [0, 0.1) is 0 Å². The summed E-state index contributed by atoms with van der Waals surface area (Å²) in [5.74, 6) is 0. The summed E-state index contributed by atoms with van der Waals surface area (Å²) in [5, 5.41) is 23.7. The minimum Gasteiger partial charge on any atom is -0.790 e. The molecule has 0 unspecified atom stereocenters. The zero-order valence-electron chi connectivity index (χ0n) is 17.8. The Labute approximate surface area is 198 Å². The Bertz CT molecular complexity index is 373. The van der Waals surface area contributed by atoms with Crippen LogP contribution in [0.3, 0.4) is 0 Å². The van der Waals surface area contributed by atoms with Gasteiger partial charge in [0.15, 0.2) is 0 Å². The molecule has 0 spiro atoms. The Hall–Kier alpha value is 2.21. The number of rotatable bonds is 9. The molecule has 20 heteroatoms. The Kier molecular flexibility index (Phi) is 32.7. The van der Waals surface area contributed by atoms with Crippen molar-refractivity contribution in [1.82, 2.24) is 0 Å². The van der Waals surface area contributed by atoms with E-state index in [0.717, 1.165) is 0 Å². The maximum absolute atomic E-state index is 9.53. The van der Waals surface area contributed by atoms with Crippen molar-refractivity contribution in [2.75, 3.05) is 39.6 Å². The van der Waals surface area contributed by atoms with Gasteiger partial charge in [0.05, 0.1) is 63.1 Å². The number of phosphoric ester groups is 3. The van der Waals surface area contributed by atoms with E-state index < -0.39 is 63.1 Å². The van der Waals surface area contributed by atoms with E-state index in [-0.39, 0.29) is 64.8 Å². The molecule has 0 radical (unpaired) electrons. The van der Waals surface area contributed by atoms with E-state index in [2.05, 4.69) is 13.6 Å². The molecule has 0 aromatic carbocycles. The molecule has 0 aromatic rings. The molecule has 0 fully saturated rings. The first-order valence-corrected chi connectivity index (χ1v) is 9.89. The smallest absolute Gasteiger partial charge is 0.790 e. The molecule has 0 aliphatic heterocycles. The van der Waals surface area contributed by atoms with E-state index in [1.54, 1.807) is 0 Å². The second-order valence-corrected chi connectivity index (χ2v) is 6.47. The third-order valence-corrected chi connectivity index (χ3v) is 2.52. The van der Waals surface area contributed by atoms with Crippen molar-refractivity contribution in [3.63, 3.8) is 0 Å². The van der Waals surface area contributed by atoms with Crippen molar-refractivity contribution in [2.45, 2.75) is 0 Å². The monoisotopic (exact) mass is 470 g/mol. The van der Waals surface area contributed by atoms with E-state index in [4.69, 9.17) is 15.3 Å². The Morgan fingerprint density at radius 1 is 0.577 bits per heavy atom. The van der Waals surface area contributed by atoms with Crippen LogP contribution < -0.4 is 88.5 Å². The molecule has 0 heterocycles. The van der Waals surface area contributed by atoms with Gasteiger partial charge < -0.3 is 71.9 Å². The van der Waals surface area contributed by atoms with Gasteiger partial charge in [-0.25, -0.2) is 0 Å². The van der Waals surface area contributed by atoms with Gasteiger partial charge in [-0.15, -0.1) is 0 Å².